The largest absolute Gasteiger partial charge is 0.291 e. The molecule has 0 saturated carbocycles. The summed E-state index contributed by atoms with van der Waals surface area (Å²) in [6.45, 7) is 0. The van der Waals surface area contributed by atoms with Gasteiger partial charge in [0, 0.05) is 15.5 Å². The van der Waals surface area contributed by atoms with E-state index in [0.717, 1.165) is 22.4 Å². The van der Waals surface area contributed by atoms with Gasteiger partial charge in [0.2, 0.25) is 0 Å². The van der Waals surface area contributed by atoms with Crippen molar-refractivity contribution in [2.45, 2.75) is 0 Å². The van der Waals surface area contributed by atoms with Crippen LogP contribution in [-0.2, 0) is 0 Å². The lowest BCUT2D eigenvalue weighted by molar-refractivity contribution is 1.25. The molecule has 0 aliphatic heterocycles. The first kappa shape index (κ1) is 29.7. The van der Waals surface area contributed by atoms with Crippen molar-refractivity contribution in [1.29, 1.82) is 0 Å². The minimum atomic E-state index is 1.02. The van der Waals surface area contributed by atoms with Gasteiger partial charge in [-0.25, -0.2) is 4.98 Å². The lowest BCUT2D eigenvalue weighted by Gasteiger charge is -2.12. The first-order chi connectivity index (χ1) is 26.7. The molecule has 3 heterocycles. The molecule has 0 bridgehead atoms. The molecule has 9 aromatic carbocycles. The number of imidazole rings is 1. The van der Waals surface area contributed by atoms with E-state index in [1.165, 1.54) is 91.1 Å². The molecule has 12 aromatic rings. The van der Waals surface area contributed by atoms with Crippen LogP contribution in [0.5, 0.6) is 0 Å². The minimum Gasteiger partial charge on any atom is -0.291 e. The van der Waals surface area contributed by atoms with E-state index in [9.17, 15) is 0 Å². The first-order valence-electron chi connectivity index (χ1n) is 18.4. The molecule has 0 N–H and O–H groups in total. The molecule has 0 spiro atoms. The van der Waals surface area contributed by atoms with E-state index in [0.29, 0.717) is 0 Å². The average Bonchev–Trinajstić information content (AvgIpc) is 3.81. The zero-order chi connectivity index (χ0) is 35.3. The van der Waals surface area contributed by atoms with Gasteiger partial charge >= 0.3 is 0 Å². The summed E-state index contributed by atoms with van der Waals surface area (Å²) in [5.41, 5.74) is 10.3. The molecule has 12 rings (SSSR count). The van der Waals surface area contributed by atoms with Gasteiger partial charge in [0.1, 0.15) is 0 Å². The number of aromatic nitrogens is 2. The highest BCUT2D eigenvalue weighted by Crippen LogP contribution is 2.42. The van der Waals surface area contributed by atoms with Crippen molar-refractivity contribution in [3.05, 3.63) is 182 Å². The fraction of sp³-hybridized carbons (Fsp3) is 0. The van der Waals surface area contributed by atoms with Crippen molar-refractivity contribution in [2.24, 2.45) is 0 Å². The van der Waals surface area contributed by atoms with E-state index in [1.807, 2.05) is 11.3 Å². The normalized spacial score (nSPS) is 12.1. The number of pyridine rings is 1. The van der Waals surface area contributed by atoms with Crippen molar-refractivity contribution < 1.29 is 0 Å². The third kappa shape index (κ3) is 4.36. The van der Waals surface area contributed by atoms with Gasteiger partial charge in [-0.1, -0.05) is 152 Å². The smallest absolute Gasteiger partial charge is 0.156 e. The summed E-state index contributed by atoms with van der Waals surface area (Å²) >= 11 is 1.83. The van der Waals surface area contributed by atoms with Crippen molar-refractivity contribution in [1.82, 2.24) is 9.38 Å². The molecule has 0 amide bonds. The van der Waals surface area contributed by atoms with Crippen molar-refractivity contribution in [3.8, 4) is 33.5 Å². The summed E-state index contributed by atoms with van der Waals surface area (Å²) in [5, 5.41) is 12.8. The standard InChI is InChI=1S/C51H30N2S/c1-2-10-36-29-48-46(28-35(36)9-1)52-51-50-45(43-15-7-8-16-49(43)54-50)30-47(53(48)51)34-23-21-32(22-24-34)31-17-19-33(20-18-31)37-25-26-42-40-13-4-3-11-38(40)39-12-5-6-14-41(39)44(42)27-37/h1-30H. The minimum absolute atomic E-state index is 1.02. The van der Waals surface area contributed by atoms with Crippen LogP contribution in [0.1, 0.15) is 0 Å². The molecule has 250 valence electrons. The zero-order valence-electron chi connectivity index (χ0n) is 29.1. The molecule has 0 saturated heterocycles. The van der Waals surface area contributed by atoms with Crippen LogP contribution in [0.3, 0.4) is 0 Å². The second kappa shape index (κ2) is 11.3. The number of benzene rings is 9. The Hall–Kier alpha value is -6.81. The quantitative estimate of drug-likeness (QED) is 0.168. The van der Waals surface area contributed by atoms with Gasteiger partial charge in [0.15, 0.2) is 5.65 Å². The third-order valence-electron chi connectivity index (χ3n) is 11.4. The Morgan fingerprint density at radius 3 is 1.54 bits per heavy atom. The van der Waals surface area contributed by atoms with E-state index < -0.39 is 0 Å². The summed E-state index contributed by atoms with van der Waals surface area (Å²) < 4.78 is 4.89. The summed E-state index contributed by atoms with van der Waals surface area (Å²) in [4.78, 5) is 5.29. The maximum Gasteiger partial charge on any atom is 0.156 e. The van der Waals surface area contributed by atoms with Gasteiger partial charge < -0.3 is 0 Å². The molecule has 0 radical (unpaired) electrons. The molecule has 0 aliphatic rings. The van der Waals surface area contributed by atoms with Crippen LogP contribution >= 0.6 is 11.3 Å². The fourth-order valence-corrected chi connectivity index (χ4v) is 9.89. The van der Waals surface area contributed by atoms with Crippen LogP contribution in [0.15, 0.2) is 182 Å². The van der Waals surface area contributed by atoms with Gasteiger partial charge in [-0.3, -0.25) is 4.40 Å². The van der Waals surface area contributed by atoms with Gasteiger partial charge in [0.05, 0.1) is 21.4 Å². The molecular weight excluding hydrogens is 673 g/mol. The third-order valence-corrected chi connectivity index (χ3v) is 12.5. The molecular formula is C51H30N2S. The number of rotatable bonds is 3. The van der Waals surface area contributed by atoms with Crippen LogP contribution in [0.2, 0.25) is 0 Å². The number of thiophene rings is 1. The Kier molecular flexibility index (Phi) is 6.25. The van der Waals surface area contributed by atoms with Gasteiger partial charge in [0.25, 0.3) is 0 Å². The molecule has 0 aliphatic carbocycles. The number of hydrogen-bond donors (Lipinski definition) is 0. The van der Waals surface area contributed by atoms with Crippen LogP contribution in [0, 0.1) is 0 Å². The van der Waals surface area contributed by atoms with Crippen molar-refractivity contribution >= 4 is 91.3 Å². The topological polar surface area (TPSA) is 17.3 Å². The Bertz CT molecular complexity index is 3440. The average molecular weight is 703 g/mol. The number of hydrogen-bond acceptors (Lipinski definition) is 2. The van der Waals surface area contributed by atoms with Gasteiger partial charge in [-0.2, -0.15) is 0 Å². The Morgan fingerprint density at radius 2 is 0.870 bits per heavy atom. The highest BCUT2D eigenvalue weighted by Gasteiger charge is 2.18. The Balaban J connectivity index is 0.958. The van der Waals surface area contributed by atoms with Crippen LogP contribution in [0.25, 0.3) is 113 Å². The molecule has 2 nitrogen and oxygen atoms in total. The fourth-order valence-electron chi connectivity index (χ4n) is 8.72. The summed E-state index contributed by atoms with van der Waals surface area (Å²) in [5.74, 6) is 0. The second-order valence-electron chi connectivity index (χ2n) is 14.3. The van der Waals surface area contributed by atoms with Crippen LogP contribution in [0.4, 0.5) is 0 Å². The van der Waals surface area contributed by atoms with E-state index in [-0.39, 0.29) is 0 Å². The number of nitrogens with zero attached hydrogens (tertiary/aromatic N) is 2. The lowest BCUT2D eigenvalue weighted by Crippen LogP contribution is -1.93. The van der Waals surface area contributed by atoms with Gasteiger partial charge in [-0.15, -0.1) is 11.3 Å². The van der Waals surface area contributed by atoms with E-state index in [1.54, 1.807) is 0 Å². The van der Waals surface area contributed by atoms with E-state index in [2.05, 4.69) is 186 Å². The zero-order valence-corrected chi connectivity index (χ0v) is 29.9. The molecule has 54 heavy (non-hydrogen) atoms. The number of fused-ring (bicyclic) bond motifs is 14. The predicted octanol–water partition coefficient (Wildman–Crippen LogP) is 14.5. The first-order valence-corrected chi connectivity index (χ1v) is 19.3. The monoisotopic (exact) mass is 702 g/mol. The maximum atomic E-state index is 5.29. The highest BCUT2D eigenvalue weighted by atomic mass is 32.1. The lowest BCUT2D eigenvalue weighted by atomic mass is 9.92. The SMILES string of the molecule is c1ccc2cc3c(cc2c1)nc1c2sc4ccccc4c2cc(-c2ccc(-c4ccc(-c5ccc6c7ccccc7c7ccccc7c6c5)cc4)cc2)n31. The molecule has 0 atom stereocenters. The summed E-state index contributed by atoms with van der Waals surface area (Å²) in [6, 6.07) is 66.7. The summed E-state index contributed by atoms with van der Waals surface area (Å²) in [6.07, 6.45) is 0. The predicted molar refractivity (Wildman–Crippen MR) is 232 cm³/mol. The van der Waals surface area contributed by atoms with Crippen molar-refractivity contribution in [3.63, 3.8) is 0 Å². The molecule has 3 aromatic heterocycles. The molecule has 0 unspecified atom stereocenters. The Morgan fingerprint density at radius 1 is 0.370 bits per heavy atom. The van der Waals surface area contributed by atoms with Crippen molar-refractivity contribution in [2.75, 3.05) is 0 Å². The molecule has 3 heteroatoms. The van der Waals surface area contributed by atoms with Crippen LogP contribution < -0.4 is 0 Å². The van der Waals surface area contributed by atoms with E-state index in [4.69, 9.17) is 4.98 Å². The van der Waals surface area contributed by atoms with E-state index >= 15 is 0 Å². The Labute approximate surface area is 314 Å². The second-order valence-corrected chi connectivity index (χ2v) is 15.4. The van der Waals surface area contributed by atoms with Crippen LogP contribution in [-0.4, -0.2) is 9.38 Å². The maximum absolute atomic E-state index is 5.29. The van der Waals surface area contributed by atoms with Gasteiger partial charge in [-0.05, 0) is 101 Å². The highest BCUT2D eigenvalue weighted by molar-refractivity contribution is 7.26. The molecule has 0 fully saturated rings. The summed E-state index contributed by atoms with van der Waals surface area (Å²) in [7, 11) is 0.